The molecule has 0 aliphatic carbocycles. The van der Waals surface area contributed by atoms with Gasteiger partial charge in [0.05, 0.1) is 16.7 Å². The molecule has 2 aromatic heterocycles. The third-order valence-corrected chi connectivity index (χ3v) is 5.94. The molecule has 0 bridgehead atoms. The Balaban J connectivity index is 1.50. The summed E-state index contributed by atoms with van der Waals surface area (Å²) in [5, 5.41) is 8.61. The van der Waals surface area contributed by atoms with Gasteiger partial charge in [0.25, 0.3) is 5.91 Å². The molecule has 0 unspecified atom stereocenters. The van der Waals surface area contributed by atoms with Crippen molar-refractivity contribution in [2.24, 2.45) is 7.05 Å². The SMILES string of the molecule is Cc1cc(C)n(Cc2cccc(CNC(=O)c3c(Br)c4ccccc4n3C)c2)n1. The van der Waals surface area contributed by atoms with Crippen molar-refractivity contribution in [1.29, 1.82) is 0 Å². The van der Waals surface area contributed by atoms with E-state index in [1.165, 1.54) is 0 Å². The van der Waals surface area contributed by atoms with E-state index in [1.807, 2.05) is 59.6 Å². The van der Waals surface area contributed by atoms with Gasteiger partial charge in [0, 0.05) is 30.2 Å². The molecule has 1 N–H and O–H groups in total. The summed E-state index contributed by atoms with van der Waals surface area (Å²) in [4.78, 5) is 12.9. The molecule has 1 amide bonds. The molecule has 4 aromatic rings. The fraction of sp³-hybridized carbons (Fsp3) is 0.217. The van der Waals surface area contributed by atoms with E-state index in [2.05, 4.69) is 51.5 Å². The zero-order valence-corrected chi connectivity index (χ0v) is 18.3. The van der Waals surface area contributed by atoms with E-state index in [-0.39, 0.29) is 5.91 Å². The largest absolute Gasteiger partial charge is 0.347 e. The quantitative estimate of drug-likeness (QED) is 0.477. The summed E-state index contributed by atoms with van der Waals surface area (Å²) in [5.41, 5.74) is 6.04. The van der Waals surface area contributed by atoms with E-state index >= 15 is 0 Å². The van der Waals surface area contributed by atoms with Gasteiger partial charge in [-0.3, -0.25) is 9.48 Å². The lowest BCUT2D eigenvalue weighted by atomic mass is 10.1. The highest BCUT2D eigenvalue weighted by Crippen LogP contribution is 2.30. The van der Waals surface area contributed by atoms with Crippen molar-refractivity contribution in [3.8, 4) is 0 Å². The highest BCUT2D eigenvalue weighted by Gasteiger charge is 2.19. The first-order valence-electron chi connectivity index (χ1n) is 9.54. The smallest absolute Gasteiger partial charge is 0.269 e. The number of rotatable bonds is 5. The van der Waals surface area contributed by atoms with Crippen molar-refractivity contribution >= 4 is 32.7 Å². The first-order valence-corrected chi connectivity index (χ1v) is 10.3. The van der Waals surface area contributed by atoms with Crippen molar-refractivity contribution in [2.75, 3.05) is 0 Å². The molecule has 0 aliphatic rings. The maximum atomic E-state index is 12.9. The van der Waals surface area contributed by atoms with Crippen molar-refractivity contribution < 1.29 is 4.79 Å². The zero-order chi connectivity index (χ0) is 20.5. The predicted octanol–water partition coefficient (Wildman–Crippen LogP) is 4.73. The average molecular weight is 451 g/mol. The van der Waals surface area contributed by atoms with E-state index in [0.717, 1.165) is 44.4 Å². The van der Waals surface area contributed by atoms with Crippen LogP contribution >= 0.6 is 15.9 Å². The Bertz CT molecular complexity index is 1170. The van der Waals surface area contributed by atoms with Crippen LogP contribution in [0.1, 0.15) is 33.0 Å². The van der Waals surface area contributed by atoms with Crippen LogP contribution in [0.4, 0.5) is 0 Å². The fourth-order valence-electron chi connectivity index (χ4n) is 3.71. The number of hydrogen-bond donors (Lipinski definition) is 1. The van der Waals surface area contributed by atoms with Gasteiger partial charge in [-0.05, 0) is 53.0 Å². The molecule has 4 rings (SSSR count). The topological polar surface area (TPSA) is 51.9 Å². The van der Waals surface area contributed by atoms with Crippen molar-refractivity contribution in [1.82, 2.24) is 19.7 Å². The Hall–Kier alpha value is -2.86. The number of hydrogen-bond acceptors (Lipinski definition) is 2. The Morgan fingerprint density at radius 1 is 1.07 bits per heavy atom. The molecule has 0 aliphatic heterocycles. The van der Waals surface area contributed by atoms with Gasteiger partial charge in [-0.1, -0.05) is 42.5 Å². The highest BCUT2D eigenvalue weighted by atomic mass is 79.9. The number of fused-ring (bicyclic) bond motifs is 1. The first kappa shape index (κ1) is 19.5. The second-order valence-electron chi connectivity index (χ2n) is 7.33. The van der Waals surface area contributed by atoms with Gasteiger partial charge < -0.3 is 9.88 Å². The minimum Gasteiger partial charge on any atom is -0.347 e. The van der Waals surface area contributed by atoms with Crippen LogP contribution in [0.3, 0.4) is 0 Å². The second-order valence-corrected chi connectivity index (χ2v) is 8.12. The lowest BCUT2D eigenvalue weighted by Gasteiger charge is -2.10. The standard InChI is InChI=1S/C23H23BrN4O/c1-15-11-16(2)28(26-15)14-18-8-6-7-17(12-18)13-25-23(29)22-21(24)19-9-4-5-10-20(19)27(22)3/h4-12H,13-14H2,1-3H3,(H,25,29). The summed E-state index contributed by atoms with van der Waals surface area (Å²) >= 11 is 3.60. The monoisotopic (exact) mass is 450 g/mol. The maximum Gasteiger partial charge on any atom is 0.269 e. The Kier molecular flexibility index (Phi) is 5.28. The molecule has 0 radical (unpaired) electrons. The van der Waals surface area contributed by atoms with Crippen LogP contribution in [-0.4, -0.2) is 20.3 Å². The average Bonchev–Trinajstić information content (AvgIpc) is 3.16. The number of halogens is 1. The van der Waals surface area contributed by atoms with Crippen molar-refractivity contribution in [3.05, 3.63) is 87.3 Å². The summed E-state index contributed by atoms with van der Waals surface area (Å²) in [6.07, 6.45) is 0. The van der Waals surface area contributed by atoms with E-state index in [0.29, 0.717) is 12.2 Å². The number of aryl methyl sites for hydroxylation is 3. The molecular weight excluding hydrogens is 428 g/mol. The molecule has 0 spiro atoms. The van der Waals surface area contributed by atoms with Crippen LogP contribution in [0.5, 0.6) is 0 Å². The fourth-order valence-corrected chi connectivity index (χ4v) is 4.49. The molecule has 0 saturated carbocycles. The predicted molar refractivity (Wildman–Crippen MR) is 119 cm³/mol. The van der Waals surface area contributed by atoms with Gasteiger partial charge in [0.1, 0.15) is 5.69 Å². The third-order valence-electron chi connectivity index (χ3n) is 5.14. The van der Waals surface area contributed by atoms with E-state index < -0.39 is 0 Å². The number of carbonyl (C=O) groups is 1. The van der Waals surface area contributed by atoms with Gasteiger partial charge in [-0.2, -0.15) is 5.10 Å². The van der Waals surface area contributed by atoms with E-state index in [4.69, 9.17) is 0 Å². The number of aromatic nitrogens is 3. The summed E-state index contributed by atoms with van der Waals surface area (Å²) in [6, 6.07) is 18.3. The number of carbonyl (C=O) groups excluding carboxylic acids is 1. The minimum absolute atomic E-state index is 0.0977. The lowest BCUT2D eigenvalue weighted by molar-refractivity contribution is 0.0942. The van der Waals surface area contributed by atoms with Gasteiger partial charge in [-0.25, -0.2) is 0 Å². The molecule has 0 fully saturated rings. The van der Waals surface area contributed by atoms with Crippen LogP contribution in [0, 0.1) is 13.8 Å². The third kappa shape index (κ3) is 3.85. The van der Waals surface area contributed by atoms with Crippen molar-refractivity contribution in [3.63, 3.8) is 0 Å². The number of benzene rings is 2. The molecular formula is C23H23BrN4O. The molecule has 29 heavy (non-hydrogen) atoms. The molecule has 2 aromatic carbocycles. The van der Waals surface area contributed by atoms with E-state index in [9.17, 15) is 4.79 Å². The zero-order valence-electron chi connectivity index (χ0n) is 16.7. The van der Waals surface area contributed by atoms with Crippen LogP contribution in [0.25, 0.3) is 10.9 Å². The maximum absolute atomic E-state index is 12.9. The van der Waals surface area contributed by atoms with Gasteiger partial charge in [0.2, 0.25) is 0 Å². The van der Waals surface area contributed by atoms with Gasteiger partial charge in [-0.15, -0.1) is 0 Å². The number of nitrogens with zero attached hydrogens (tertiary/aromatic N) is 3. The molecule has 5 nitrogen and oxygen atoms in total. The molecule has 6 heteroatoms. The molecule has 0 saturated heterocycles. The number of amides is 1. The van der Waals surface area contributed by atoms with Gasteiger partial charge >= 0.3 is 0 Å². The Morgan fingerprint density at radius 2 is 1.83 bits per heavy atom. The van der Waals surface area contributed by atoms with E-state index in [1.54, 1.807) is 0 Å². The minimum atomic E-state index is -0.0977. The molecule has 0 atom stereocenters. The Labute approximate surface area is 178 Å². The first-order chi connectivity index (χ1) is 13.9. The number of nitrogens with one attached hydrogen (secondary N) is 1. The normalized spacial score (nSPS) is 11.2. The highest BCUT2D eigenvalue weighted by molar-refractivity contribution is 9.10. The van der Waals surface area contributed by atoms with Crippen molar-refractivity contribution in [2.45, 2.75) is 26.9 Å². The Morgan fingerprint density at radius 3 is 2.55 bits per heavy atom. The second kappa shape index (κ2) is 7.87. The lowest BCUT2D eigenvalue weighted by Crippen LogP contribution is -2.25. The van der Waals surface area contributed by atoms with Crippen LogP contribution < -0.4 is 5.32 Å². The van der Waals surface area contributed by atoms with Crippen LogP contribution in [0.2, 0.25) is 0 Å². The summed E-state index contributed by atoms with van der Waals surface area (Å²) in [5.74, 6) is -0.0977. The summed E-state index contributed by atoms with van der Waals surface area (Å²) in [7, 11) is 1.91. The van der Waals surface area contributed by atoms with Crippen LogP contribution in [0.15, 0.2) is 59.1 Å². The van der Waals surface area contributed by atoms with Gasteiger partial charge in [0.15, 0.2) is 0 Å². The molecule has 2 heterocycles. The summed E-state index contributed by atoms with van der Waals surface area (Å²) < 4.78 is 4.75. The van der Waals surface area contributed by atoms with Crippen LogP contribution in [-0.2, 0) is 20.1 Å². The summed E-state index contributed by atoms with van der Waals surface area (Å²) in [6.45, 7) is 5.25. The number of para-hydroxylation sites is 1. The molecule has 148 valence electrons.